The fraction of sp³-hybridized carbons (Fsp3) is 0.533. The van der Waals surface area contributed by atoms with Gasteiger partial charge in [-0.3, -0.25) is 4.79 Å². The first-order valence-corrected chi connectivity index (χ1v) is 8.40. The summed E-state index contributed by atoms with van der Waals surface area (Å²) >= 11 is 1.48. The first kappa shape index (κ1) is 17.0. The van der Waals surface area contributed by atoms with Gasteiger partial charge in [-0.1, -0.05) is 6.07 Å². The minimum atomic E-state index is -4.37. The molecule has 1 aliphatic rings. The van der Waals surface area contributed by atoms with Crippen molar-refractivity contribution in [3.63, 3.8) is 0 Å². The molecule has 0 unspecified atom stereocenters. The molecule has 0 bridgehead atoms. The molecule has 1 saturated heterocycles. The van der Waals surface area contributed by atoms with Gasteiger partial charge in [-0.2, -0.15) is 24.9 Å². The Balaban J connectivity index is 1.90. The van der Waals surface area contributed by atoms with Crippen molar-refractivity contribution in [3.05, 3.63) is 29.8 Å². The van der Waals surface area contributed by atoms with Crippen LogP contribution in [0.3, 0.4) is 0 Å². The zero-order valence-electron chi connectivity index (χ0n) is 12.2. The van der Waals surface area contributed by atoms with Crippen molar-refractivity contribution in [3.8, 4) is 5.75 Å². The molecule has 0 atom stereocenters. The van der Waals surface area contributed by atoms with Crippen LogP contribution in [0.25, 0.3) is 0 Å². The van der Waals surface area contributed by atoms with Crippen LogP contribution in [0.1, 0.15) is 18.4 Å². The Bertz CT molecular complexity index is 514. The highest BCUT2D eigenvalue weighted by atomic mass is 32.2. The highest BCUT2D eigenvalue weighted by Crippen LogP contribution is 2.32. The van der Waals surface area contributed by atoms with E-state index in [2.05, 4.69) is 0 Å². The van der Waals surface area contributed by atoms with Gasteiger partial charge in [0.05, 0.1) is 11.3 Å². The highest BCUT2D eigenvalue weighted by molar-refractivity contribution is 7.99. The lowest BCUT2D eigenvalue weighted by atomic mass is 10.1. The second-order valence-electron chi connectivity index (χ2n) is 5.16. The van der Waals surface area contributed by atoms with Gasteiger partial charge in [0.2, 0.25) is 5.91 Å². The Labute approximate surface area is 131 Å². The van der Waals surface area contributed by atoms with Gasteiger partial charge in [0, 0.05) is 25.9 Å². The molecule has 1 heterocycles. The number of benzene rings is 1. The van der Waals surface area contributed by atoms with Crippen molar-refractivity contribution in [2.24, 2.45) is 0 Å². The second-order valence-corrected chi connectivity index (χ2v) is 6.02. The predicted octanol–water partition coefficient (Wildman–Crippen LogP) is 3.44. The number of hydrogen-bond acceptors (Lipinski definition) is 3. The second kappa shape index (κ2) is 7.26. The third-order valence-electron chi connectivity index (χ3n) is 3.53. The lowest BCUT2D eigenvalue weighted by molar-refractivity contribution is -0.137. The molecule has 3 nitrogen and oxygen atoms in total. The van der Waals surface area contributed by atoms with E-state index in [0.717, 1.165) is 12.1 Å². The van der Waals surface area contributed by atoms with Crippen molar-refractivity contribution in [1.82, 2.24) is 4.90 Å². The fourth-order valence-electron chi connectivity index (χ4n) is 2.38. The van der Waals surface area contributed by atoms with Crippen molar-refractivity contribution in [2.75, 3.05) is 25.1 Å². The molecule has 1 aliphatic heterocycles. The fourth-order valence-corrected chi connectivity index (χ4v) is 2.81. The monoisotopic (exact) mass is 333 g/mol. The highest BCUT2D eigenvalue weighted by Gasteiger charge is 2.31. The van der Waals surface area contributed by atoms with Crippen LogP contribution in [0.2, 0.25) is 0 Å². The summed E-state index contributed by atoms with van der Waals surface area (Å²) in [6.45, 7) is 1.17. The summed E-state index contributed by atoms with van der Waals surface area (Å²) in [5, 5.41) is 0. The van der Waals surface area contributed by atoms with Gasteiger partial charge in [-0.05, 0) is 24.5 Å². The minimum Gasteiger partial charge on any atom is -0.490 e. The van der Waals surface area contributed by atoms with Crippen LogP contribution in [-0.2, 0) is 11.0 Å². The first-order chi connectivity index (χ1) is 10.4. The van der Waals surface area contributed by atoms with E-state index in [0.29, 0.717) is 31.7 Å². The molecule has 1 aromatic carbocycles. The number of ether oxygens (including phenoxy) is 1. The van der Waals surface area contributed by atoms with Crippen molar-refractivity contribution < 1.29 is 22.7 Å². The summed E-state index contributed by atoms with van der Waals surface area (Å²) in [4.78, 5) is 13.5. The molecule has 1 amide bonds. The van der Waals surface area contributed by atoms with Crippen molar-refractivity contribution in [1.29, 1.82) is 0 Å². The number of likely N-dealkylation sites (tertiary alicyclic amines) is 1. The molecule has 0 N–H and O–H groups in total. The maximum absolute atomic E-state index is 12.7. The number of alkyl halides is 3. The Hall–Kier alpha value is -1.37. The zero-order chi connectivity index (χ0) is 16.2. The molecule has 22 heavy (non-hydrogen) atoms. The third kappa shape index (κ3) is 4.56. The predicted molar refractivity (Wildman–Crippen MR) is 80.1 cm³/mol. The van der Waals surface area contributed by atoms with Gasteiger partial charge in [-0.25, -0.2) is 0 Å². The average molecular weight is 333 g/mol. The van der Waals surface area contributed by atoms with E-state index in [1.165, 1.54) is 23.9 Å². The summed E-state index contributed by atoms with van der Waals surface area (Å²) in [6.07, 6.45) is -1.37. The number of halogens is 3. The van der Waals surface area contributed by atoms with Gasteiger partial charge >= 0.3 is 6.18 Å². The molecule has 122 valence electrons. The average Bonchev–Trinajstić information content (AvgIpc) is 2.48. The number of amides is 1. The molecule has 0 saturated carbocycles. The lowest BCUT2D eigenvalue weighted by Gasteiger charge is -2.32. The molecule has 0 radical (unpaired) electrons. The number of nitrogens with zero attached hydrogens (tertiary/aromatic N) is 1. The summed E-state index contributed by atoms with van der Waals surface area (Å²) in [5.41, 5.74) is -0.711. The van der Waals surface area contributed by atoms with Crippen molar-refractivity contribution >= 4 is 17.7 Å². The number of carbonyl (C=O) groups excluding carboxylic acids is 1. The number of thioether (sulfide) groups is 1. The van der Waals surface area contributed by atoms with E-state index in [-0.39, 0.29) is 17.8 Å². The summed E-state index contributed by atoms with van der Waals surface area (Å²) in [7, 11) is 0. The molecule has 0 spiro atoms. The normalized spacial score (nSPS) is 16.6. The van der Waals surface area contributed by atoms with E-state index in [4.69, 9.17) is 4.74 Å². The molecule has 0 aromatic heterocycles. The molecule has 1 aromatic rings. The maximum atomic E-state index is 12.7. The summed E-state index contributed by atoms with van der Waals surface area (Å²) < 4.78 is 43.6. The Morgan fingerprint density at radius 2 is 2.05 bits per heavy atom. The van der Waals surface area contributed by atoms with Gasteiger partial charge < -0.3 is 9.64 Å². The largest absolute Gasteiger partial charge is 0.490 e. The van der Waals surface area contributed by atoms with Gasteiger partial charge in [0.1, 0.15) is 11.9 Å². The van der Waals surface area contributed by atoms with Gasteiger partial charge in [-0.15, -0.1) is 0 Å². The van der Waals surface area contributed by atoms with Crippen LogP contribution in [0, 0.1) is 0 Å². The quantitative estimate of drug-likeness (QED) is 0.845. The zero-order valence-corrected chi connectivity index (χ0v) is 13.0. The van der Waals surface area contributed by atoms with Gasteiger partial charge in [0.25, 0.3) is 0 Å². The number of carbonyl (C=O) groups is 1. The number of piperidine rings is 1. The third-order valence-corrected chi connectivity index (χ3v) is 4.06. The Kier molecular flexibility index (Phi) is 5.61. The molecule has 0 aliphatic carbocycles. The van der Waals surface area contributed by atoms with Crippen LogP contribution in [0.4, 0.5) is 13.2 Å². The molecular weight excluding hydrogens is 315 g/mol. The number of hydrogen-bond donors (Lipinski definition) is 0. The molecule has 1 fully saturated rings. The van der Waals surface area contributed by atoms with Crippen LogP contribution in [0.5, 0.6) is 5.75 Å². The SMILES string of the molecule is CSCC(=O)N1CCC(Oc2cccc(C(F)(F)F)c2)CC1. The Morgan fingerprint density at radius 3 is 2.64 bits per heavy atom. The summed E-state index contributed by atoms with van der Waals surface area (Å²) in [5.74, 6) is 0.785. The van der Waals surface area contributed by atoms with E-state index in [1.54, 1.807) is 4.90 Å². The summed E-state index contributed by atoms with van der Waals surface area (Å²) in [6, 6.07) is 4.91. The topological polar surface area (TPSA) is 29.5 Å². The lowest BCUT2D eigenvalue weighted by Crippen LogP contribution is -2.42. The van der Waals surface area contributed by atoms with E-state index in [9.17, 15) is 18.0 Å². The smallest absolute Gasteiger partial charge is 0.416 e. The molecule has 2 rings (SSSR count). The van der Waals surface area contributed by atoms with E-state index < -0.39 is 11.7 Å². The van der Waals surface area contributed by atoms with E-state index >= 15 is 0 Å². The standard InChI is InChI=1S/C15H18F3NO2S/c1-22-10-14(20)19-7-5-12(6-8-19)21-13-4-2-3-11(9-13)15(16,17)18/h2-4,9,12H,5-8,10H2,1H3. The van der Waals surface area contributed by atoms with Crippen LogP contribution in [0.15, 0.2) is 24.3 Å². The number of rotatable bonds is 4. The first-order valence-electron chi connectivity index (χ1n) is 7.01. The maximum Gasteiger partial charge on any atom is 0.416 e. The van der Waals surface area contributed by atoms with Gasteiger partial charge in [0.15, 0.2) is 0 Å². The van der Waals surface area contributed by atoms with Crippen LogP contribution >= 0.6 is 11.8 Å². The Morgan fingerprint density at radius 1 is 1.36 bits per heavy atom. The van der Waals surface area contributed by atoms with E-state index in [1.807, 2.05) is 6.26 Å². The minimum absolute atomic E-state index is 0.102. The van der Waals surface area contributed by atoms with Crippen LogP contribution in [-0.4, -0.2) is 42.0 Å². The van der Waals surface area contributed by atoms with Crippen molar-refractivity contribution in [2.45, 2.75) is 25.1 Å². The molecule has 7 heteroatoms. The van der Waals surface area contributed by atoms with Crippen LogP contribution < -0.4 is 4.74 Å². The molecular formula is C15H18F3NO2S.